The molecule has 8 heteroatoms. The number of ether oxygens (including phenoxy) is 1. The molecular formula is C19H22FN5O2. The van der Waals surface area contributed by atoms with Gasteiger partial charge in [-0.3, -0.25) is 0 Å². The van der Waals surface area contributed by atoms with Gasteiger partial charge in [-0.2, -0.15) is 14.8 Å². The summed E-state index contributed by atoms with van der Waals surface area (Å²) in [6, 6.07) is 5.95. The fraction of sp³-hybridized carbons (Fsp3) is 0.526. The van der Waals surface area contributed by atoms with E-state index >= 15 is 0 Å². The van der Waals surface area contributed by atoms with Crippen LogP contribution >= 0.6 is 0 Å². The highest BCUT2D eigenvalue weighted by Gasteiger charge is 2.37. The first kappa shape index (κ1) is 16.8. The molecule has 0 atom stereocenters. The lowest BCUT2D eigenvalue weighted by Crippen LogP contribution is -2.53. The van der Waals surface area contributed by atoms with Crippen LogP contribution in [0.1, 0.15) is 50.1 Å². The van der Waals surface area contributed by atoms with Gasteiger partial charge in [0.1, 0.15) is 11.3 Å². The van der Waals surface area contributed by atoms with Crippen LogP contribution < -0.4 is 5.32 Å². The average Bonchev–Trinajstić information content (AvgIpc) is 3.17. The quantitative estimate of drug-likeness (QED) is 0.743. The molecule has 0 spiro atoms. The summed E-state index contributed by atoms with van der Waals surface area (Å²) in [7, 11) is 0. The lowest BCUT2D eigenvalue weighted by atomic mass is 9.79. The maximum atomic E-state index is 14.5. The third kappa shape index (κ3) is 2.83. The van der Waals surface area contributed by atoms with Crippen molar-refractivity contribution in [2.75, 3.05) is 13.2 Å². The van der Waals surface area contributed by atoms with Gasteiger partial charge in [0.05, 0.1) is 24.9 Å². The second-order valence-electron chi connectivity index (χ2n) is 7.79. The predicted molar refractivity (Wildman–Crippen MR) is 96.5 cm³/mol. The normalized spacial score (nSPS) is 23.0. The molecule has 27 heavy (non-hydrogen) atoms. The number of benzene rings is 1. The standard InChI is InChI=1S/C19H22FN5O2/c1-10(2)16-14-4-3-5-15(20)17(14)25(23-16)19-22-18(27-24-19)11-6-12(7-11)21-13-8-26-9-13/h3-5,10-13,21H,6-9H2,1-2H3. The Morgan fingerprint density at radius 2 is 2.04 bits per heavy atom. The third-order valence-electron chi connectivity index (χ3n) is 5.45. The van der Waals surface area contributed by atoms with E-state index in [9.17, 15) is 4.39 Å². The number of nitrogens with one attached hydrogen (secondary N) is 1. The first-order valence-corrected chi connectivity index (χ1v) is 9.45. The summed E-state index contributed by atoms with van der Waals surface area (Å²) in [5.74, 6) is 0.945. The van der Waals surface area contributed by atoms with Crippen molar-refractivity contribution in [1.82, 2.24) is 25.2 Å². The second kappa shape index (κ2) is 6.38. The van der Waals surface area contributed by atoms with Crippen LogP contribution in [0.15, 0.2) is 22.7 Å². The topological polar surface area (TPSA) is 78.0 Å². The zero-order valence-corrected chi connectivity index (χ0v) is 15.4. The number of hydrogen-bond acceptors (Lipinski definition) is 6. The fourth-order valence-corrected chi connectivity index (χ4v) is 3.82. The van der Waals surface area contributed by atoms with Crippen molar-refractivity contribution >= 4 is 10.9 Å². The molecule has 1 aliphatic heterocycles. The van der Waals surface area contributed by atoms with Gasteiger partial charge in [-0.25, -0.2) is 4.39 Å². The summed E-state index contributed by atoms with van der Waals surface area (Å²) in [5, 5.41) is 13.0. The second-order valence-corrected chi connectivity index (χ2v) is 7.79. The molecule has 0 bridgehead atoms. The van der Waals surface area contributed by atoms with Crippen molar-refractivity contribution in [1.29, 1.82) is 0 Å². The van der Waals surface area contributed by atoms with Crippen molar-refractivity contribution < 1.29 is 13.7 Å². The maximum Gasteiger partial charge on any atom is 0.291 e. The molecule has 0 radical (unpaired) electrons. The lowest BCUT2D eigenvalue weighted by molar-refractivity contribution is -0.0164. The molecule has 1 saturated heterocycles. The van der Waals surface area contributed by atoms with E-state index < -0.39 is 0 Å². The number of nitrogens with zero attached hydrogens (tertiary/aromatic N) is 4. The highest BCUT2D eigenvalue weighted by Crippen LogP contribution is 2.37. The molecule has 0 amide bonds. The minimum Gasteiger partial charge on any atom is -0.378 e. The maximum absolute atomic E-state index is 14.5. The van der Waals surface area contributed by atoms with Crippen LogP contribution in [-0.2, 0) is 4.74 Å². The summed E-state index contributed by atoms with van der Waals surface area (Å²) in [5.41, 5.74) is 1.22. The number of halogens is 1. The Morgan fingerprint density at radius 1 is 1.22 bits per heavy atom. The van der Waals surface area contributed by atoms with Gasteiger partial charge >= 0.3 is 0 Å². The molecule has 2 aliphatic rings. The van der Waals surface area contributed by atoms with E-state index in [0.29, 0.717) is 23.5 Å². The van der Waals surface area contributed by atoms with Gasteiger partial charge in [0, 0.05) is 17.3 Å². The van der Waals surface area contributed by atoms with Crippen molar-refractivity contribution in [2.24, 2.45) is 0 Å². The summed E-state index contributed by atoms with van der Waals surface area (Å²) in [6.07, 6.45) is 1.92. The van der Waals surface area contributed by atoms with E-state index in [1.54, 1.807) is 6.07 Å². The molecule has 1 N–H and O–H groups in total. The average molecular weight is 371 g/mol. The number of hydrogen-bond donors (Lipinski definition) is 1. The molecule has 2 fully saturated rings. The Morgan fingerprint density at radius 3 is 2.74 bits per heavy atom. The third-order valence-corrected chi connectivity index (χ3v) is 5.45. The minimum atomic E-state index is -0.339. The smallest absolute Gasteiger partial charge is 0.291 e. The summed E-state index contributed by atoms with van der Waals surface area (Å²) in [6.45, 7) is 5.66. The van der Waals surface area contributed by atoms with E-state index in [1.807, 2.05) is 19.9 Å². The molecule has 7 nitrogen and oxygen atoms in total. The summed E-state index contributed by atoms with van der Waals surface area (Å²) < 4.78 is 26.6. The van der Waals surface area contributed by atoms with Gasteiger partial charge in [0.2, 0.25) is 5.89 Å². The van der Waals surface area contributed by atoms with Crippen LogP contribution in [0, 0.1) is 5.82 Å². The van der Waals surface area contributed by atoms with Crippen molar-refractivity contribution in [3.8, 4) is 5.95 Å². The molecule has 5 rings (SSSR count). The van der Waals surface area contributed by atoms with E-state index in [-0.39, 0.29) is 23.6 Å². The van der Waals surface area contributed by atoms with Crippen LogP contribution in [0.25, 0.3) is 16.9 Å². The summed E-state index contributed by atoms with van der Waals surface area (Å²) >= 11 is 0. The SMILES string of the molecule is CC(C)c1nn(-c2noc(C3CC(NC4COC4)C3)n2)c2c(F)cccc12. The van der Waals surface area contributed by atoms with E-state index in [1.165, 1.54) is 10.7 Å². The van der Waals surface area contributed by atoms with Crippen LogP contribution in [0.5, 0.6) is 0 Å². The molecule has 3 aromatic rings. The number of fused-ring (bicyclic) bond motifs is 1. The monoisotopic (exact) mass is 371 g/mol. The highest BCUT2D eigenvalue weighted by molar-refractivity contribution is 5.84. The molecule has 142 valence electrons. The Balaban J connectivity index is 1.40. The zero-order valence-electron chi connectivity index (χ0n) is 15.4. The van der Waals surface area contributed by atoms with Crippen molar-refractivity contribution in [2.45, 2.75) is 50.6 Å². The van der Waals surface area contributed by atoms with Gasteiger partial charge < -0.3 is 14.6 Å². The lowest BCUT2D eigenvalue weighted by Gasteiger charge is -2.39. The van der Waals surface area contributed by atoms with Gasteiger partial charge in [0.15, 0.2) is 0 Å². The van der Waals surface area contributed by atoms with Crippen molar-refractivity contribution in [3.63, 3.8) is 0 Å². The van der Waals surface area contributed by atoms with Crippen LogP contribution in [0.4, 0.5) is 4.39 Å². The molecule has 1 aromatic carbocycles. The number of rotatable bonds is 5. The zero-order chi connectivity index (χ0) is 18.5. The molecule has 2 aromatic heterocycles. The fourth-order valence-electron chi connectivity index (χ4n) is 3.82. The number of aromatic nitrogens is 4. The first-order valence-electron chi connectivity index (χ1n) is 9.45. The highest BCUT2D eigenvalue weighted by atomic mass is 19.1. The van der Waals surface area contributed by atoms with Crippen LogP contribution in [-0.4, -0.2) is 45.2 Å². The molecule has 0 unspecified atom stereocenters. The first-order chi connectivity index (χ1) is 13.1. The Bertz CT molecular complexity index is 972. The molecule has 1 aliphatic carbocycles. The van der Waals surface area contributed by atoms with Gasteiger partial charge in [-0.05, 0) is 30.0 Å². The van der Waals surface area contributed by atoms with Gasteiger partial charge in [0.25, 0.3) is 5.95 Å². The van der Waals surface area contributed by atoms with Crippen molar-refractivity contribution in [3.05, 3.63) is 35.6 Å². The Hall–Kier alpha value is -2.32. The van der Waals surface area contributed by atoms with Crippen LogP contribution in [0.3, 0.4) is 0 Å². The largest absolute Gasteiger partial charge is 0.378 e. The van der Waals surface area contributed by atoms with Gasteiger partial charge in [-0.1, -0.05) is 26.0 Å². The van der Waals surface area contributed by atoms with Crippen LogP contribution in [0.2, 0.25) is 0 Å². The van der Waals surface area contributed by atoms with E-state index in [2.05, 4.69) is 20.6 Å². The minimum absolute atomic E-state index is 0.163. The molecular weight excluding hydrogens is 349 g/mol. The Labute approximate surface area is 155 Å². The summed E-state index contributed by atoms with van der Waals surface area (Å²) in [4.78, 5) is 4.52. The molecule has 3 heterocycles. The van der Waals surface area contributed by atoms with Gasteiger partial charge in [-0.15, -0.1) is 0 Å². The van der Waals surface area contributed by atoms with E-state index in [4.69, 9.17) is 9.26 Å². The van der Waals surface area contributed by atoms with E-state index in [0.717, 1.165) is 37.1 Å². The molecule has 1 saturated carbocycles. The number of para-hydroxylation sites is 1. The Kier molecular flexibility index (Phi) is 3.98. The predicted octanol–water partition coefficient (Wildman–Crippen LogP) is 2.91.